The van der Waals surface area contributed by atoms with Crippen LogP contribution in [0.5, 0.6) is 5.75 Å². The number of carbonyl (C=O) groups is 2. The summed E-state index contributed by atoms with van der Waals surface area (Å²) in [5.41, 5.74) is 3.98. The fraction of sp³-hybridized carbons (Fsp3) is 0.304. The number of anilines is 1. The van der Waals surface area contributed by atoms with E-state index in [1.165, 1.54) is 23.6 Å². The van der Waals surface area contributed by atoms with Crippen molar-refractivity contribution < 1.29 is 14.3 Å². The second-order valence-electron chi connectivity index (χ2n) is 7.69. The first kappa shape index (κ1) is 20.3. The van der Waals surface area contributed by atoms with Crippen LogP contribution in [0, 0.1) is 12.8 Å². The lowest BCUT2D eigenvalue weighted by Gasteiger charge is -2.17. The maximum absolute atomic E-state index is 12.7. The highest BCUT2D eigenvalue weighted by Gasteiger charge is 2.34. The number of H-pyrrole nitrogens is 1. The van der Waals surface area contributed by atoms with Crippen LogP contribution in [0.25, 0.3) is 10.9 Å². The Bertz CT molecular complexity index is 1110. The van der Waals surface area contributed by atoms with Crippen LogP contribution in [-0.2, 0) is 16.0 Å². The van der Waals surface area contributed by atoms with Gasteiger partial charge < -0.3 is 19.9 Å². The quantitative estimate of drug-likeness (QED) is 0.622. The molecule has 2 N–H and O–H groups in total. The molecule has 1 fully saturated rings. The lowest BCUT2D eigenvalue weighted by Crippen LogP contribution is -2.30. The van der Waals surface area contributed by atoms with E-state index in [2.05, 4.69) is 35.4 Å². The number of aryl methyl sites for hydroxylation is 1. The van der Waals surface area contributed by atoms with Crippen molar-refractivity contribution in [2.24, 2.45) is 5.92 Å². The van der Waals surface area contributed by atoms with Gasteiger partial charge in [-0.15, -0.1) is 0 Å². The summed E-state index contributed by atoms with van der Waals surface area (Å²) in [7, 11) is 1.53. The Kier molecular flexibility index (Phi) is 5.68. The minimum Gasteiger partial charge on any atom is -0.495 e. The highest BCUT2D eigenvalue weighted by Crippen LogP contribution is 2.29. The number of rotatable bonds is 6. The third-order valence-electron chi connectivity index (χ3n) is 5.58. The standard InChI is InChI=1S/C23H24ClN3O3/c1-14-3-5-19-18(9-14)15(12-25-19)7-8-27-13-16(10-22(27)28)23(29)26-20-11-17(24)4-6-21(20)30-2/h3-6,9,11-12,16,25H,7-8,10,13H2,1-2H3,(H,26,29). The number of hydrogen-bond donors (Lipinski definition) is 2. The zero-order valence-electron chi connectivity index (χ0n) is 17.0. The van der Waals surface area contributed by atoms with E-state index in [0.29, 0.717) is 29.5 Å². The molecular weight excluding hydrogens is 402 g/mol. The van der Waals surface area contributed by atoms with Crippen molar-refractivity contribution in [2.75, 3.05) is 25.5 Å². The lowest BCUT2D eigenvalue weighted by atomic mass is 10.1. The zero-order chi connectivity index (χ0) is 21.3. The van der Waals surface area contributed by atoms with Crippen LogP contribution in [0.1, 0.15) is 17.5 Å². The van der Waals surface area contributed by atoms with Gasteiger partial charge in [0.25, 0.3) is 0 Å². The van der Waals surface area contributed by atoms with Gasteiger partial charge in [-0.2, -0.15) is 0 Å². The molecule has 0 spiro atoms. The van der Waals surface area contributed by atoms with Gasteiger partial charge in [0.1, 0.15) is 5.75 Å². The summed E-state index contributed by atoms with van der Waals surface area (Å²) < 4.78 is 5.28. The van der Waals surface area contributed by atoms with Gasteiger partial charge in [0.05, 0.1) is 18.7 Å². The smallest absolute Gasteiger partial charge is 0.229 e. The first-order chi connectivity index (χ1) is 14.4. The van der Waals surface area contributed by atoms with Crippen LogP contribution >= 0.6 is 11.6 Å². The van der Waals surface area contributed by atoms with Gasteiger partial charge >= 0.3 is 0 Å². The summed E-state index contributed by atoms with van der Waals surface area (Å²) >= 11 is 6.03. The summed E-state index contributed by atoms with van der Waals surface area (Å²) in [6, 6.07) is 11.3. The number of halogens is 1. The highest BCUT2D eigenvalue weighted by molar-refractivity contribution is 6.31. The topological polar surface area (TPSA) is 74.4 Å². The molecule has 3 aromatic rings. The molecular formula is C23H24ClN3O3. The number of amides is 2. The monoisotopic (exact) mass is 425 g/mol. The predicted molar refractivity (Wildman–Crippen MR) is 118 cm³/mol. The molecule has 0 bridgehead atoms. The SMILES string of the molecule is COc1ccc(Cl)cc1NC(=O)C1CC(=O)N(CCc2c[nH]c3ccc(C)cc23)C1. The number of aromatic amines is 1. The van der Waals surface area contributed by atoms with Gasteiger partial charge in [-0.05, 0) is 49.2 Å². The van der Waals surface area contributed by atoms with Crippen LogP contribution < -0.4 is 10.1 Å². The molecule has 6 nitrogen and oxygen atoms in total. The summed E-state index contributed by atoms with van der Waals surface area (Å²) in [5.74, 6) is -0.0617. The van der Waals surface area contributed by atoms with Crippen molar-refractivity contribution in [1.29, 1.82) is 0 Å². The average molecular weight is 426 g/mol. The van der Waals surface area contributed by atoms with Crippen molar-refractivity contribution in [3.8, 4) is 5.75 Å². The second-order valence-corrected chi connectivity index (χ2v) is 8.12. The van der Waals surface area contributed by atoms with Crippen LogP contribution in [-0.4, -0.2) is 41.9 Å². The summed E-state index contributed by atoms with van der Waals surface area (Å²) in [6.45, 7) is 3.07. The van der Waals surface area contributed by atoms with E-state index >= 15 is 0 Å². The normalized spacial score (nSPS) is 16.3. The van der Waals surface area contributed by atoms with Crippen LogP contribution in [0.15, 0.2) is 42.6 Å². The predicted octanol–water partition coefficient (Wildman–Crippen LogP) is 4.17. The van der Waals surface area contributed by atoms with Gasteiger partial charge in [-0.3, -0.25) is 9.59 Å². The molecule has 0 aliphatic carbocycles. The molecule has 2 aromatic carbocycles. The maximum atomic E-state index is 12.7. The molecule has 2 heterocycles. The molecule has 0 radical (unpaired) electrons. The Morgan fingerprint density at radius 3 is 2.93 bits per heavy atom. The Morgan fingerprint density at radius 2 is 2.13 bits per heavy atom. The van der Waals surface area contributed by atoms with Crippen LogP contribution in [0.4, 0.5) is 5.69 Å². The largest absolute Gasteiger partial charge is 0.495 e. The number of likely N-dealkylation sites (tertiary alicyclic amines) is 1. The average Bonchev–Trinajstić information content (AvgIpc) is 3.29. The number of fused-ring (bicyclic) bond motifs is 1. The minimum atomic E-state index is -0.397. The van der Waals surface area contributed by atoms with E-state index < -0.39 is 5.92 Å². The molecule has 2 amide bonds. The fourth-order valence-electron chi connectivity index (χ4n) is 3.93. The molecule has 1 unspecified atom stereocenters. The number of aromatic nitrogens is 1. The van der Waals surface area contributed by atoms with Gasteiger partial charge in [-0.1, -0.05) is 23.2 Å². The van der Waals surface area contributed by atoms with Crippen molar-refractivity contribution in [2.45, 2.75) is 19.8 Å². The number of nitrogens with one attached hydrogen (secondary N) is 2. The zero-order valence-corrected chi connectivity index (χ0v) is 17.8. The van der Waals surface area contributed by atoms with E-state index in [-0.39, 0.29) is 18.2 Å². The maximum Gasteiger partial charge on any atom is 0.229 e. The molecule has 0 saturated carbocycles. The van der Waals surface area contributed by atoms with E-state index in [0.717, 1.165) is 11.9 Å². The molecule has 30 heavy (non-hydrogen) atoms. The number of hydrogen-bond acceptors (Lipinski definition) is 3. The van der Waals surface area contributed by atoms with E-state index in [1.54, 1.807) is 23.1 Å². The molecule has 1 aromatic heterocycles. The molecule has 1 saturated heterocycles. The minimum absolute atomic E-state index is 0.00392. The van der Waals surface area contributed by atoms with E-state index in [9.17, 15) is 9.59 Å². The Hall–Kier alpha value is -2.99. The lowest BCUT2D eigenvalue weighted by molar-refractivity contribution is -0.128. The molecule has 1 aliphatic heterocycles. The second kappa shape index (κ2) is 8.40. The van der Waals surface area contributed by atoms with Crippen molar-refractivity contribution >= 4 is 40.0 Å². The van der Waals surface area contributed by atoms with Gasteiger partial charge in [0.2, 0.25) is 11.8 Å². The molecule has 1 atom stereocenters. The number of benzene rings is 2. The first-order valence-corrected chi connectivity index (χ1v) is 10.3. The molecule has 156 valence electrons. The van der Waals surface area contributed by atoms with E-state index in [4.69, 9.17) is 16.3 Å². The number of methoxy groups -OCH3 is 1. The third kappa shape index (κ3) is 4.14. The number of ether oxygens (including phenoxy) is 1. The Morgan fingerprint density at radius 1 is 1.30 bits per heavy atom. The van der Waals surface area contributed by atoms with Gasteiger partial charge in [-0.25, -0.2) is 0 Å². The van der Waals surface area contributed by atoms with Crippen molar-refractivity contribution in [1.82, 2.24) is 9.88 Å². The van der Waals surface area contributed by atoms with Crippen molar-refractivity contribution in [3.63, 3.8) is 0 Å². The number of nitrogens with zero attached hydrogens (tertiary/aromatic N) is 1. The Labute approximate surface area is 180 Å². The fourth-order valence-corrected chi connectivity index (χ4v) is 4.10. The van der Waals surface area contributed by atoms with Crippen LogP contribution in [0.2, 0.25) is 5.02 Å². The summed E-state index contributed by atoms with van der Waals surface area (Å²) in [5, 5.41) is 4.54. The highest BCUT2D eigenvalue weighted by atomic mass is 35.5. The molecule has 7 heteroatoms. The first-order valence-electron chi connectivity index (χ1n) is 9.93. The summed E-state index contributed by atoms with van der Waals surface area (Å²) in [4.78, 5) is 30.3. The molecule has 4 rings (SSSR count). The third-order valence-corrected chi connectivity index (χ3v) is 5.81. The van der Waals surface area contributed by atoms with Gasteiger partial charge in [0, 0.05) is 41.6 Å². The van der Waals surface area contributed by atoms with Crippen molar-refractivity contribution in [3.05, 3.63) is 58.7 Å². The molecule has 1 aliphatic rings. The Balaban J connectivity index is 1.39. The van der Waals surface area contributed by atoms with Gasteiger partial charge in [0.15, 0.2) is 0 Å². The van der Waals surface area contributed by atoms with E-state index in [1.807, 2.05) is 6.20 Å². The number of carbonyl (C=O) groups excluding carboxylic acids is 2. The summed E-state index contributed by atoms with van der Waals surface area (Å²) in [6.07, 6.45) is 2.95. The van der Waals surface area contributed by atoms with Crippen LogP contribution in [0.3, 0.4) is 0 Å².